The number of anilines is 2. The lowest BCUT2D eigenvalue weighted by atomic mass is 9.85. The van der Waals surface area contributed by atoms with Crippen LogP contribution in [-0.4, -0.2) is 36.9 Å². The van der Waals surface area contributed by atoms with Gasteiger partial charge >= 0.3 is 0 Å². The third-order valence-corrected chi connectivity index (χ3v) is 5.54. The second-order valence-electron chi connectivity index (χ2n) is 9.27. The van der Waals surface area contributed by atoms with E-state index in [2.05, 4.69) is 10.2 Å². The van der Waals surface area contributed by atoms with Crippen molar-refractivity contribution in [1.82, 2.24) is 4.90 Å². The highest BCUT2D eigenvalue weighted by molar-refractivity contribution is 5.93. The van der Waals surface area contributed by atoms with Gasteiger partial charge in [-0.3, -0.25) is 9.59 Å². The average Bonchev–Trinajstić information content (AvgIpc) is 3.33. The molecule has 0 saturated heterocycles. The zero-order valence-corrected chi connectivity index (χ0v) is 17.3. The third-order valence-electron chi connectivity index (χ3n) is 5.54. The van der Waals surface area contributed by atoms with Gasteiger partial charge < -0.3 is 15.1 Å². The summed E-state index contributed by atoms with van der Waals surface area (Å²) in [6.45, 7) is 6.52. The summed E-state index contributed by atoms with van der Waals surface area (Å²) >= 11 is 0. The lowest BCUT2D eigenvalue weighted by molar-refractivity contribution is -0.140. The molecule has 0 spiro atoms. The van der Waals surface area contributed by atoms with E-state index in [1.807, 2.05) is 58.0 Å². The molecule has 0 bridgehead atoms. The Labute approximate surface area is 163 Å². The maximum absolute atomic E-state index is 13.0. The first-order valence-electron chi connectivity index (χ1n) is 10.1. The summed E-state index contributed by atoms with van der Waals surface area (Å²) in [6.07, 6.45) is 5.29. The first kappa shape index (κ1) is 19.7. The van der Waals surface area contributed by atoms with Gasteiger partial charge in [-0.25, -0.2) is 0 Å². The first-order valence-corrected chi connectivity index (χ1v) is 10.1. The Morgan fingerprint density at radius 1 is 1.11 bits per heavy atom. The highest BCUT2D eigenvalue weighted by Gasteiger charge is 2.37. The van der Waals surface area contributed by atoms with Gasteiger partial charge in [0.2, 0.25) is 11.8 Å². The van der Waals surface area contributed by atoms with Crippen LogP contribution in [0.15, 0.2) is 18.2 Å². The fourth-order valence-corrected chi connectivity index (χ4v) is 3.51. The van der Waals surface area contributed by atoms with E-state index in [9.17, 15) is 9.59 Å². The molecule has 27 heavy (non-hydrogen) atoms. The number of amides is 2. The lowest BCUT2D eigenvalue weighted by Gasteiger charge is -2.31. The van der Waals surface area contributed by atoms with Crippen LogP contribution in [0.2, 0.25) is 0 Å². The van der Waals surface area contributed by atoms with Crippen LogP contribution in [0.5, 0.6) is 0 Å². The van der Waals surface area contributed by atoms with E-state index in [-0.39, 0.29) is 17.7 Å². The fourth-order valence-electron chi connectivity index (χ4n) is 3.51. The second kappa shape index (κ2) is 7.53. The number of nitrogens with one attached hydrogen (secondary N) is 1. The number of nitrogens with zero attached hydrogens (tertiary/aromatic N) is 2. The van der Waals surface area contributed by atoms with Crippen molar-refractivity contribution >= 4 is 23.2 Å². The normalized spacial score (nSPS) is 17.2. The minimum absolute atomic E-state index is 0.120. The molecular formula is C22H33N3O2. The molecule has 0 aliphatic heterocycles. The Morgan fingerprint density at radius 3 is 2.26 bits per heavy atom. The number of benzene rings is 1. The Kier molecular flexibility index (Phi) is 5.50. The van der Waals surface area contributed by atoms with Gasteiger partial charge in [-0.05, 0) is 49.4 Å². The van der Waals surface area contributed by atoms with Crippen molar-refractivity contribution < 1.29 is 9.59 Å². The number of carbonyl (C=O) groups is 2. The van der Waals surface area contributed by atoms with Crippen LogP contribution in [0.4, 0.5) is 11.4 Å². The van der Waals surface area contributed by atoms with E-state index in [1.54, 1.807) is 0 Å². The molecular weight excluding hydrogens is 338 g/mol. The van der Waals surface area contributed by atoms with Crippen molar-refractivity contribution in [2.45, 2.75) is 65.5 Å². The molecule has 2 amide bonds. The van der Waals surface area contributed by atoms with Gasteiger partial charge in [0.25, 0.3) is 0 Å². The van der Waals surface area contributed by atoms with Crippen LogP contribution in [0.25, 0.3) is 0 Å². The summed E-state index contributed by atoms with van der Waals surface area (Å²) in [5.74, 6) is 0.473. The first-order chi connectivity index (χ1) is 12.7. The molecule has 1 aromatic rings. The van der Waals surface area contributed by atoms with Gasteiger partial charge in [0.05, 0.1) is 0 Å². The van der Waals surface area contributed by atoms with Gasteiger partial charge in [0.1, 0.15) is 0 Å². The fraction of sp³-hybridized carbons (Fsp3) is 0.636. The molecule has 2 aliphatic carbocycles. The molecule has 5 nitrogen and oxygen atoms in total. The standard InChI is InChI=1S/C22H33N3O2/c1-22(2,3)21(27)25(18-10-11-18)14-16-13-17(9-12-19(16)24(4)5)23-20(26)15-7-6-8-15/h9,12-13,15,18H,6-8,10-11,14H2,1-5H3,(H,23,26). The van der Waals surface area contributed by atoms with Crippen molar-refractivity contribution in [1.29, 1.82) is 0 Å². The van der Waals surface area contributed by atoms with Crippen molar-refractivity contribution in [3.05, 3.63) is 23.8 Å². The molecule has 0 aromatic heterocycles. The zero-order chi connectivity index (χ0) is 19.8. The van der Waals surface area contributed by atoms with Gasteiger partial charge in [0.15, 0.2) is 0 Å². The van der Waals surface area contributed by atoms with Gasteiger partial charge in [-0.1, -0.05) is 27.2 Å². The van der Waals surface area contributed by atoms with Crippen molar-refractivity contribution in [2.75, 3.05) is 24.3 Å². The van der Waals surface area contributed by atoms with Crippen LogP contribution in [0.3, 0.4) is 0 Å². The minimum atomic E-state index is -0.392. The largest absolute Gasteiger partial charge is 0.377 e. The average molecular weight is 372 g/mol. The molecule has 0 radical (unpaired) electrons. The van der Waals surface area contributed by atoms with Crippen molar-refractivity contribution in [2.24, 2.45) is 11.3 Å². The van der Waals surface area contributed by atoms with E-state index >= 15 is 0 Å². The Morgan fingerprint density at radius 2 is 1.78 bits per heavy atom. The molecule has 2 saturated carbocycles. The predicted molar refractivity (Wildman–Crippen MR) is 110 cm³/mol. The molecule has 1 aromatic carbocycles. The summed E-state index contributed by atoms with van der Waals surface area (Å²) in [7, 11) is 4.02. The molecule has 5 heteroatoms. The maximum Gasteiger partial charge on any atom is 0.228 e. The van der Waals surface area contributed by atoms with E-state index in [0.717, 1.165) is 49.0 Å². The molecule has 2 fully saturated rings. The van der Waals surface area contributed by atoms with E-state index in [4.69, 9.17) is 0 Å². The third kappa shape index (κ3) is 4.63. The highest BCUT2D eigenvalue weighted by atomic mass is 16.2. The number of carbonyl (C=O) groups excluding carboxylic acids is 2. The van der Waals surface area contributed by atoms with Gasteiger partial charge in [-0.2, -0.15) is 0 Å². The van der Waals surface area contributed by atoms with E-state index in [1.165, 1.54) is 0 Å². The predicted octanol–water partition coefficient (Wildman–Crippen LogP) is 4.03. The smallest absolute Gasteiger partial charge is 0.228 e. The van der Waals surface area contributed by atoms with Crippen LogP contribution in [0.1, 0.15) is 58.4 Å². The highest BCUT2D eigenvalue weighted by Crippen LogP contribution is 2.35. The Balaban J connectivity index is 1.83. The summed E-state index contributed by atoms with van der Waals surface area (Å²) in [6, 6.07) is 6.39. The summed E-state index contributed by atoms with van der Waals surface area (Å²) in [4.78, 5) is 29.4. The van der Waals surface area contributed by atoms with Crippen molar-refractivity contribution in [3.8, 4) is 0 Å². The summed E-state index contributed by atoms with van der Waals surface area (Å²) < 4.78 is 0. The molecule has 3 rings (SSSR count). The Hall–Kier alpha value is -2.04. The van der Waals surface area contributed by atoms with Crippen LogP contribution in [0, 0.1) is 11.3 Å². The molecule has 2 aliphatic rings. The molecule has 0 heterocycles. The number of rotatable bonds is 6. The minimum Gasteiger partial charge on any atom is -0.377 e. The second-order valence-corrected chi connectivity index (χ2v) is 9.27. The monoisotopic (exact) mass is 371 g/mol. The maximum atomic E-state index is 13.0. The zero-order valence-electron chi connectivity index (χ0n) is 17.3. The quantitative estimate of drug-likeness (QED) is 0.821. The van der Waals surface area contributed by atoms with Gasteiger partial charge in [0, 0.05) is 49.4 Å². The van der Waals surface area contributed by atoms with Crippen LogP contribution >= 0.6 is 0 Å². The van der Waals surface area contributed by atoms with Crippen LogP contribution in [-0.2, 0) is 16.1 Å². The Bertz CT molecular complexity index is 713. The lowest BCUT2D eigenvalue weighted by Crippen LogP contribution is -2.40. The summed E-state index contributed by atoms with van der Waals surface area (Å²) in [5.41, 5.74) is 2.60. The van der Waals surface area contributed by atoms with Crippen molar-refractivity contribution in [3.63, 3.8) is 0 Å². The van der Waals surface area contributed by atoms with E-state index in [0.29, 0.717) is 12.6 Å². The van der Waals surface area contributed by atoms with Crippen LogP contribution < -0.4 is 10.2 Å². The van der Waals surface area contributed by atoms with Gasteiger partial charge in [-0.15, -0.1) is 0 Å². The summed E-state index contributed by atoms with van der Waals surface area (Å²) in [5, 5.41) is 3.07. The SMILES string of the molecule is CN(C)c1ccc(NC(=O)C2CCC2)cc1CN(C(=O)C(C)(C)C)C1CC1. The molecule has 148 valence electrons. The topological polar surface area (TPSA) is 52.7 Å². The molecule has 0 atom stereocenters. The number of hydrogen-bond acceptors (Lipinski definition) is 3. The molecule has 1 N–H and O–H groups in total. The molecule has 0 unspecified atom stereocenters. The number of hydrogen-bond donors (Lipinski definition) is 1. The van der Waals surface area contributed by atoms with E-state index < -0.39 is 5.41 Å².